The summed E-state index contributed by atoms with van der Waals surface area (Å²) in [7, 11) is 5.77. The molecule has 3 nitrogen and oxygen atoms in total. The molecule has 0 unspecified atom stereocenters. The summed E-state index contributed by atoms with van der Waals surface area (Å²) in [4.78, 5) is 2.11. The molecule has 0 saturated heterocycles. The number of ether oxygens (including phenoxy) is 1. The average molecular weight is 583 g/mol. The van der Waals surface area contributed by atoms with Crippen LogP contribution in [0.15, 0.2) is 93.9 Å². The molecule has 2 atom stereocenters. The van der Waals surface area contributed by atoms with Gasteiger partial charge in [-0.2, -0.15) is 0 Å². The van der Waals surface area contributed by atoms with Gasteiger partial charge >= 0.3 is 0 Å². The molecule has 0 aromatic heterocycles. The molecule has 4 aromatic rings. The van der Waals surface area contributed by atoms with Crippen molar-refractivity contribution in [2.75, 3.05) is 27.7 Å². The van der Waals surface area contributed by atoms with Gasteiger partial charge in [0.1, 0.15) is 11.4 Å². The fourth-order valence-electron chi connectivity index (χ4n) is 4.61. The summed E-state index contributed by atoms with van der Waals surface area (Å²) in [6.45, 7) is 0.733. The molecule has 4 rings (SSSR count). The van der Waals surface area contributed by atoms with Crippen LogP contribution in [0.5, 0.6) is 5.75 Å². The molecule has 4 aromatic carbocycles. The molecular formula is C29H29Br2NO2. The first-order valence-electron chi connectivity index (χ1n) is 11.3. The lowest BCUT2D eigenvalue weighted by molar-refractivity contribution is 0.00393. The predicted octanol–water partition coefficient (Wildman–Crippen LogP) is 7.34. The second-order valence-corrected chi connectivity index (χ2v) is 10.7. The minimum Gasteiger partial charge on any atom is -0.496 e. The molecule has 0 aliphatic carbocycles. The van der Waals surface area contributed by atoms with Crippen molar-refractivity contribution in [2.24, 2.45) is 0 Å². The van der Waals surface area contributed by atoms with Crippen LogP contribution in [-0.2, 0) is 5.60 Å². The zero-order valence-corrected chi connectivity index (χ0v) is 22.8. The van der Waals surface area contributed by atoms with E-state index in [1.165, 1.54) is 0 Å². The molecule has 0 aliphatic heterocycles. The monoisotopic (exact) mass is 581 g/mol. The van der Waals surface area contributed by atoms with Crippen molar-refractivity contribution in [2.45, 2.75) is 17.9 Å². The fraction of sp³-hybridized carbons (Fsp3) is 0.241. The van der Waals surface area contributed by atoms with E-state index in [0.29, 0.717) is 6.42 Å². The Morgan fingerprint density at radius 1 is 0.853 bits per heavy atom. The molecule has 0 bridgehead atoms. The average Bonchev–Trinajstić information content (AvgIpc) is 2.83. The quantitative estimate of drug-likeness (QED) is 0.236. The maximum atomic E-state index is 12.6. The van der Waals surface area contributed by atoms with Crippen LogP contribution in [-0.4, -0.2) is 37.8 Å². The number of hydrogen-bond acceptors (Lipinski definition) is 3. The maximum absolute atomic E-state index is 12.6. The Kier molecular flexibility index (Phi) is 7.78. The molecule has 0 heterocycles. The van der Waals surface area contributed by atoms with Crippen LogP contribution < -0.4 is 4.74 Å². The molecule has 0 aliphatic rings. The van der Waals surface area contributed by atoms with E-state index in [4.69, 9.17) is 4.74 Å². The Balaban J connectivity index is 2.01. The van der Waals surface area contributed by atoms with E-state index in [1.54, 1.807) is 7.11 Å². The highest BCUT2D eigenvalue weighted by Crippen LogP contribution is 2.48. The van der Waals surface area contributed by atoms with Crippen LogP contribution in [0.2, 0.25) is 0 Å². The Morgan fingerprint density at radius 2 is 1.53 bits per heavy atom. The number of rotatable bonds is 8. The lowest BCUT2D eigenvalue weighted by Gasteiger charge is -2.39. The van der Waals surface area contributed by atoms with Crippen molar-refractivity contribution in [3.8, 4) is 5.75 Å². The van der Waals surface area contributed by atoms with Crippen molar-refractivity contribution in [1.82, 2.24) is 4.90 Å². The first-order chi connectivity index (χ1) is 16.3. The lowest BCUT2D eigenvalue weighted by Crippen LogP contribution is -2.37. The van der Waals surface area contributed by atoms with Gasteiger partial charge < -0.3 is 14.7 Å². The molecule has 0 fully saturated rings. The molecule has 0 saturated carbocycles. The predicted molar refractivity (Wildman–Crippen MR) is 148 cm³/mol. The van der Waals surface area contributed by atoms with Gasteiger partial charge in [-0.25, -0.2) is 0 Å². The van der Waals surface area contributed by atoms with Gasteiger partial charge in [-0.15, -0.1) is 0 Å². The van der Waals surface area contributed by atoms with Crippen LogP contribution in [0, 0.1) is 0 Å². The number of nitrogens with zero attached hydrogens (tertiary/aromatic N) is 1. The van der Waals surface area contributed by atoms with Crippen LogP contribution in [0.3, 0.4) is 0 Å². The number of hydrogen-bond donors (Lipinski definition) is 1. The van der Waals surface area contributed by atoms with E-state index in [1.807, 2.05) is 62.6 Å². The molecular weight excluding hydrogens is 554 g/mol. The largest absolute Gasteiger partial charge is 0.496 e. The summed E-state index contributed by atoms with van der Waals surface area (Å²) in [6, 6.07) is 28.7. The SMILES string of the molecule is COc1cc2ccc(Br)cc2cc1[C@@H](c1ccccc1)[C@](O)(CCN(C)C)c1ccc(Br)cc1. The van der Waals surface area contributed by atoms with Gasteiger partial charge in [0.15, 0.2) is 0 Å². The topological polar surface area (TPSA) is 32.7 Å². The second kappa shape index (κ2) is 10.6. The van der Waals surface area contributed by atoms with Crippen LogP contribution in [0.1, 0.15) is 29.0 Å². The zero-order chi connectivity index (χ0) is 24.3. The van der Waals surface area contributed by atoms with E-state index in [2.05, 4.69) is 73.2 Å². The summed E-state index contributed by atoms with van der Waals surface area (Å²) in [5, 5.41) is 14.8. The summed E-state index contributed by atoms with van der Waals surface area (Å²) in [5.41, 5.74) is 1.71. The van der Waals surface area contributed by atoms with Crippen molar-refractivity contribution in [3.05, 3.63) is 111 Å². The van der Waals surface area contributed by atoms with E-state index < -0.39 is 5.60 Å². The lowest BCUT2D eigenvalue weighted by atomic mass is 9.71. The van der Waals surface area contributed by atoms with Gasteiger partial charge in [-0.05, 0) is 78.8 Å². The number of fused-ring (bicyclic) bond motifs is 1. The van der Waals surface area contributed by atoms with E-state index in [9.17, 15) is 5.11 Å². The summed E-state index contributed by atoms with van der Waals surface area (Å²) < 4.78 is 7.92. The first kappa shape index (κ1) is 24.9. The first-order valence-corrected chi connectivity index (χ1v) is 12.9. The summed E-state index contributed by atoms with van der Waals surface area (Å²) in [5.74, 6) is 0.428. The standard InChI is InChI=1S/C29H29Br2NO2/c1-32(2)16-15-29(33,23-10-13-24(30)14-11-23)28(20-7-5-4-6-8-20)26-18-22-17-25(31)12-9-21(22)19-27(26)34-3/h4-14,17-19,28,33H,15-16H2,1-3H3/t28-,29+/m1/s1. The van der Waals surface area contributed by atoms with Gasteiger partial charge in [0.25, 0.3) is 0 Å². The van der Waals surface area contributed by atoms with Crippen molar-refractivity contribution < 1.29 is 9.84 Å². The van der Waals surface area contributed by atoms with Crippen LogP contribution in [0.25, 0.3) is 10.8 Å². The molecule has 176 valence electrons. The highest BCUT2D eigenvalue weighted by Gasteiger charge is 2.41. The summed E-state index contributed by atoms with van der Waals surface area (Å²) >= 11 is 7.15. The van der Waals surface area contributed by atoms with Gasteiger partial charge in [-0.3, -0.25) is 0 Å². The van der Waals surface area contributed by atoms with Crippen molar-refractivity contribution in [1.29, 1.82) is 0 Å². The number of halogens is 2. The van der Waals surface area contributed by atoms with Gasteiger partial charge in [0.05, 0.1) is 7.11 Å². The molecule has 34 heavy (non-hydrogen) atoms. The molecule has 0 radical (unpaired) electrons. The van der Waals surface area contributed by atoms with Gasteiger partial charge in [0.2, 0.25) is 0 Å². The van der Waals surface area contributed by atoms with Gasteiger partial charge in [-0.1, -0.05) is 80.4 Å². The number of aliphatic hydroxyl groups is 1. The Labute approximate surface area is 218 Å². The van der Waals surface area contributed by atoms with E-state index in [-0.39, 0.29) is 5.92 Å². The van der Waals surface area contributed by atoms with Crippen molar-refractivity contribution >= 4 is 42.6 Å². The van der Waals surface area contributed by atoms with Crippen molar-refractivity contribution in [3.63, 3.8) is 0 Å². The van der Waals surface area contributed by atoms with E-state index >= 15 is 0 Å². The van der Waals surface area contributed by atoms with E-state index in [0.717, 1.165) is 48.7 Å². The minimum atomic E-state index is -1.17. The Bertz CT molecular complexity index is 1260. The third-order valence-electron chi connectivity index (χ3n) is 6.36. The Hall–Kier alpha value is -2.18. The van der Waals surface area contributed by atoms with Gasteiger partial charge in [0, 0.05) is 27.0 Å². The third kappa shape index (κ3) is 5.23. The van der Waals surface area contributed by atoms with Crippen LogP contribution in [0.4, 0.5) is 0 Å². The maximum Gasteiger partial charge on any atom is 0.123 e. The summed E-state index contributed by atoms with van der Waals surface area (Å²) in [6.07, 6.45) is 0.556. The third-order valence-corrected chi connectivity index (χ3v) is 7.38. The zero-order valence-electron chi connectivity index (χ0n) is 19.6. The minimum absolute atomic E-state index is 0.340. The smallest absolute Gasteiger partial charge is 0.123 e. The highest BCUT2D eigenvalue weighted by molar-refractivity contribution is 9.10. The highest BCUT2D eigenvalue weighted by atomic mass is 79.9. The molecule has 0 spiro atoms. The molecule has 0 amide bonds. The van der Waals surface area contributed by atoms with Crippen LogP contribution >= 0.6 is 31.9 Å². The molecule has 1 N–H and O–H groups in total. The second-order valence-electron chi connectivity index (χ2n) is 8.91. The number of benzene rings is 4. The number of methoxy groups -OCH3 is 1. The fourth-order valence-corrected chi connectivity index (χ4v) is 5.26. The Morgan fingerprint density at radius 3 is 2.18 bits per heavy atom. The molecule has 5 heteroatoms. The normalized spacial score (nSPS) is 14.2.